The van der Waals surface area contributed by atoms with Crippen molar-refractivity contribution in [3.05, 3.63) is 34.9 Å². The van der Waals surface area contributed by atoms with Crippen LogP contribution in [-0.4, -0.2) is 58.9 Å². The van der Waals surface area contributed by atoms with Gasteiger partial charge in [0.1, 0.15) is 12.1 Å². The zero-order valence-electron chi connectivity index (χ0n) is 17.0. The van der Waals surface area contributed by atoms with Gasteiger partial charge in [0.05, 0.1) is 0 Å². The SMILES string of the molecule is NC[C@@H]1CCCN(Cc2cccc3c2CN(C2CCC(=O)NC2=O)C3=O)[C@@H]1C(F)(F)F. The first-order chi connectivity index (χ1) is 14.7. The smallest absolute Gasteiger partial charge is 0.330 e. The van der Waals surface area contributed by atoms with E-state index in [1.165, 1.54) is 9.80 Å². The number of rotatable bonds is 4. The number of hydrogen-bond acceptors (Lipinski definition) is 5. The summed E-state index contributed by atoms with van der Waals surface area (Å²) in [4.78, 5) is 39.4. The van der Waals surface area contributed by atoms with Gasteiger partial charge in [-0.2, -0.15) is 13.2 Å². The molecule has 4 rings (SSSR count). The molecule has 3 aliphatic heterocycles. The van der Waals surface area contributed by atoms with Gasteiger partial charge in [-0.25, -0.2) is 0 Å². The average molecular weight is 438 g/mol. The molecule has 0 saturated carbocycles. The molecule has 3 aliphatic rings. The van der Waals surface area contributed by atoms with E-state index in [0.29, 0.717) is 36.1 Å². The highest BCUT2D eigenvalue weighted by Gasteiger charge is 2.49. The Morgan fingerprint density at radius 3 is 2.61 bits per heavy atom. The fourth-order valence-electron chi connectivity index (χ4n) is 5.07. The highest BCUT2D eigenvalue weighted by Crippen LogP contribution is 2.37. The number of carbonyl (C=O) groups is 3. The van der Waals surface area contributed by atoms with Gasteiger partial charge in [-0.1, -0.05) is 12.1 Å². The number of amides is 3. The zero-order chi connectivity index (χ0) is 22.3. The largest absolute Gasteiger partial charge is 0.404 e. The molecular formula is C21H25F3N4O3. The predicted octanol–water partition coefficient (Wildman–Crippen LogP) is 1.55. The van der Waals surface area contributed by atoms with Crippen molar-refractivity contribution in [2.24, 2.45) is 11.7 Å². The van der Waals surface area contributed by atoms with Crippen LogP contribution < -0.4 is 11.1 Å². The summed E-state index contributed by atoms with van der Waals surface area (Å²) >= 11 is 0. The average Bonchev–Trinajstić information content (AvgIpc) is 3.04. The Balaban J connectivity index is 1.59. The Kier molecular flexibility index (Phi) is 5.78. The molecule has 0 radical (unpaired) electrons. The van der Waals surface area contributed by atoms with E-state index in [2.05, 4.69) is 5.32 Å². The summed E-state index contributed by atoms with van der Waals surface area (Å²) in [6, 6.07) is 2.65. The van der Waals surface area contributed by atoms with Gasteiger partial charge in [0, 0.05) is 25.1 Å². The molecule has 0 bridgehead atoms. The molecule has 2 saturated heterocycles. The van der Waals surface area contributed by atoms with Crippen molar-refractivity contribution >= 4 is 17.7 Å². The third-order valence-electron chi connectivity index (χ3n) is 6.55. The quantitative estimate of drug-likeness (QED) is 0.696. The highest BCUT2D eigenvalue weighted by atomic mass is 19.4. The molecule has 168 valence electrons. The third kappa shape index (κ3) is 4.06. The fraction of sp³-hybridized carbons (Fsp3) is 0.571. The van der Waals surface area contributed by atoms with Crippen LogP contribution in [0.15, 0.2) is 18.2 Å². The van der Waals surface area contributed by atoms with E-state index in [4.69, 9.17) is 5.73 Å². The Morgan fingerprint density at radius 2 is 1.94 bits per heavy atom. The molecule has 3 heterocycles. The minimum Gasteiger partial charge on any atom is -0.330 e. The molecule has 31 heavy (non-hydrogen) atoms. The summed E-state index contributed by atoms with van der Waals surface area (Å²) in [6.07, 6.45) is -2.95. The number of alkyl halides is 3. The number of piperidine rings is 2. The van der Waals surface area contributed by atoms with Crippen molar-refractivity contribution in [2.75, 3.05) is 13.1 Å². The molecule has 3 atom stereocenters. The van der Waals surface area contributed by atoms with E-state index in [0.717, 1.165) is 0 Å². The molecule has 0 aliphatic carbocycles. The molecule has 1 aromatic carbocycles. The zero-order valence-corrected chi connectivity index (χ0v) is 17.0. The van der Waals surface area contributed by atoms with Crippen molar-refractivity contribution in [1.29, 1.82) is 0 Å². The fourth-order valence-corrected chi connectivity index (χ4v) is 5.07. The lowest BCUT2D eigenvalue weighted by Gasteiger charge is -2.42. The number of benzene rings is 1. The van der Waals surface area contributed by atoms with Crippen LogP contribution in [0.5, 0.6) is 0 Å². The van der Waals surface area contributed by atoms with Crippen molar-refractivity contribution in [3.8, 4) is 0 Å². The van der Waals surface area contributed by atoms with E-state index in [-0.39, 0.29) is 44.3 Å². The Bertz CT molecular complexity index is 904. The van der Waals surface area contributed by atoms with Gasteiger partial charge in [-0.15, -0.1) is 0 Å². The second kappa shape index (κ2) is 8.23. The van der Waals surface area contributed by atoms with Crippen molar-refractivity contribution < 1.29 is 27.6 Å². The number of halogens is 3. The van der Waals surface area contributed by atoms with Crippen molar-refractivity contribution in [2.45, 2.75) is 57.0 Å². The Labute approximate surface area is 177 Å². The minimum absolute atomic E-state index is 0.0324. The lowest BCUT2D eigenvalue weighted by molar-refractivity contribution is -0.206. The molecule has 3 amide bonds. The molecule has 0 spiro atoms. The van der Waals surface area contributed by atoms with Crippen LogP contribution in [0.25, 0.3) is 0 Å². The summed E-state index contributed by atoms with van der Waals surface area (Å²) in [5.74, 6) is -1.88. The lowest BCUT2D eigenvalue weighted by Crippen LogP contribution is -2.55. The normalized spacial score (nSPS) is 27.4. The monoisotopic (exact) mass is 438 g/mol. The molecule has 7 nitrogen and oxygen atoms in total. The standard InChI is InChI=1S/C21H25F3N4O3/c22-21(23,24)18-12(9-25)4-2-8-27(18)10-13-3-1-5-14-15(13)11-28(20(14)31)16-6-7-17(29)26-19(16)30/h1,3,5,12,16,18H,2,4,6-11,25H2,(H,26,29,30)/t12-,16?,18-/m0/s1. The first-order valence-corrected chi connectivity index (χ1v) is 10.5. The molecule has 3 N–H and O–H groups in total. The van der Waals surface area contributed by atoms with Crippen molar-refractivity contribution in [1.82, 2.24) is 15.1 Å². The maximum Gasteiger partial charge on any atom is 0.404 e. The molecule has 1 unspecified atom stereocenters. The van der Waals surface area contributed by atoms with Gasteiger partial charge in [0.2, 0.25) is 11.8 Å². The first kappa shape index (κ1) is 21.8. The third-order valence-corrected chi connectivity index (χ3v) is 6.55. The number of imide groups is 1. The summed E-state index contributed by atoms with van der Waals surface area (Å²) < 4.78 is 41.4. The van der Waals surface area contributed by atoms with E-state index in [1.807, 2.05) is 0 Å². The summed E-state index contributed by atoms with van der Waals surface area (Å²) in [7, 11) is 0. The summed E-state index contributed by atoms with van der Waals surface area (Å²) in [5, 5.41) is 2.25. The molecule has 0 aromatic heterocycles. The van der Waals surface area contributed by atoms with Crippen LogP contribution in [0, 0.1) is 5.92 Å². The number of nitrogens with two attached hydrogens (primary N) is 1. The van der Waals surface area contributed by atoms with Crippen LogP contribution in [-0.2, 0) is 22.7 Å². The molecule has 2 fully saturated rings. The van der Waals surface area contributed by atoms with E-state index in [9.17, 15) is 27.6 Å². The number of nitrogens with one attached hydrogen (secondary N) is 1. The summed E-state index contributed by atoms with van der Waals surface area (Å²) in [5.41, 5.74) is 7.33. The summed E-state index contributed by atoms with van der Waals surface area (Å²) in [6.45, 7) is 0.465. The maximum atomic E-state index is 13.8. The second-order valence-corrected chi connectivity index (χ2v) is 8.44. The van der Waals surface area contributed by atoms with Crippen molar-refractivity contribution in [3.63, 3.8) is 0 Å². The second-order valence-electron chi connectivity index (χ2n) is 8.44. The minimum atomic E-state index is -4.39. The molecule has 1 aromatic rings. The first-order valence-electron chi connectivity index (χ1n) is 10.5. The number of nitrogens with zero attached hydrogens (tertiary/aromatic N) is 2. The van der Waals surface area contributed by atoms with E-state index < -0.39 is 30.1 Å². The number of carbonyl (C=O) groups excluding carboxylic acids is 3. The number of likely N-dealkylation sites (tertiary alicyclic amines) is 1. The van der Waals surface area contributed by atoms with Gasteiger partial charge < -0.3 is 10.6 Å². The van der Waals surface area contributed by atoms with Gasteiger partial charge in [0.15, 0.2) is 0 Å². The maximum absolute atomic E-state index is 13.8. The van der Waals surface area contributed by atoms with Gasteiger partial charge in [-0.3, -0.25) is 24.6 Å². The number of fused-ring (bicyclic) bond motifs is 1. The molecule has 10 heteroatoms. The van der Waals surface area contributed by atoms with Crippen LogP contribution >= 0.6 is 0 Å². The van der Waals surface area contributed by atoms with E-state index in [1.54, 1.807) is 18.2 Å². The van der Waals surface area contributed by atoms with Crippen LogP contribution in [0.3, 0.4) is 0 Å². The van der Waals surface area contributed by atoms with Crippen LogP contribution in [0.4, 0.5) is 13.2 Å². The van der Waals surface area contributed by atoms with Crippen LogP contribution in [0.1, 0.15) is 47.2 Å². The van der Waals surface area contributed by atoms with E-state index >= 15 is 0 Å². The van der Waals surface area contributed by atoms with Crippen LogP contribution in [0.2, 0.25) is 0 Å². The predicted molar refractivity (Wildman–Crippen MR) is 105 cm³/mol. The number of hydrogen-bond donors (Lipinski definition) is 2. The topological polar surface area (TPSA) is 95.7 Å². The van der Waals surface area contributed by atoms with Gasteiger partial charge >= 0.3 is 6.18 Å². The van der Waals surface area contributed by atoms with Gasteiger partial charge in [-0.05, 0) is 55.5 Å². The Morgan fingerprint density at radius 1 is 1.16 bits per heavy atom. The van der Waals surface area contributed by atoms with Gasteiger partial charge in [0.25, 0.3) is 5.91 Å². The highest BCUT2D eigenvalue weighted by molar-refractivity contribution is 6.05. The Hall–Kier alpha value is -2.46. The lowest BCUT2D eigenvalue weighted by atomic mass is 9.88. The molecular weight excluding hydrogens is 413 g/mol.